The van der Waals surface area contributed by atoms with Crippen LogP contribution in [0, 0.1) is 5.92 Å². The summed E-state index contributed by atoms with van der Waals surface area (Å²) in [6, 6.07) is 8.02. The van der Waals surface area contributed by atoms with E-state index < -0.39 is 0 Å². The lowest BCUT2D eigenvalue weighted by Gasteiger charge is -2.32. The Morgan fingerprint density at radius 3 is 2.62 bits per heavy atom. The molecule has 1 heterocycles. The molecule has 0 aromatic heterocycles. The van der Waals surface area contributed by atoms with Crippen molar-refractivity contribution in [1.82, 2.24) is 10.2 Å². The van der Waals surface area contributed by atoms with Gasteiger partial charge >= 0.3 is 0 Å². The SMILES string of the molecule is CN=C(NCCc1ccccc1Cl)N1CCC(C)CC1.I. The molecule has 0 unspecified atom stereocenters. The van der Waals surface area contributed by atoms with Crippen LogP contribution in [0.3, 0.4) is 0 Å². The van der Waals surface area contributed by atoms with E-state index in [0.29, 0.717) is 0 Å². The van der Waals surface area contributed by atoms with Gasteiger partial charge in [0, 0.05) is 31.7 Å². The largest absolute Gasteiger partial charge is 0.356 e. The van der Waals surface area contributed by atoms with Crippen LogP contribution in [-0.4, -0.2) is 37.5 Å². The molecule has 1 aliphatic heterocycles. The average molecular weight is 422 g/mol. The van der Waals surface area contributed by atoms with Crippen molar-refractivity contribution in [2.24, 2.45) is 10.9 Å². The summed E-state index contributed by atoms with van der Waals surface area (Å²) in [6.45, 7) is 5.40. The molecule has 3 nitrogen and oxygen atoms in total. The van der Waals surface area contributed by atoms with E-state index in [9.17, 15) is 0 Å². The number of hydrogen-bond donors (Lipinski definition) is 1. The van der Waals surface area contributed by atoms with E-state index in [-0.39, 0.29) is 24.0 Å². The minimum atomic E-state index is 0. The van der Waals surface area contributed by atoms with Gasteiger partial charge in [0.1, 0.15) is 0 Å². The lowest BCUT2D eigenvalue weighted by atomic mass is 10.00. The number of benzene rings is 1. The van der Waals surface area contributed by atoms with Crippen LogP contribution in [0.25, 0.3) is 0 Å². The Labute approximate surface area is 150 Å². The van der Waals surface area contributed by atoms with E-state index in [2.05, 4.69) is 28.2 Å². The number of hydrogen-bond acceptors (Lipinski definition) is 1. The quantitative estimate of drug-likeness (QED) is 0.457. The molecule has 21 heavy (non-hydrogen) atoms. The van der Waals surface area contributed by atoms with E-state index in [1.807, 2.05) is 25.2 Å². The zero-order valence-electron chi connectivity index (χ0n) is 12.8. The summed E-state index contributed by atoms with van der Waals surface area (Å²) in [5.74, 6) is 1.86. The van der Waals surface area contributed by atoms with Crippen LogP contribution >= 0.6 is 35.6 Å². The van der Waals surface area contributed by atoms with Gasteiger partial charge in [0.15, 0.2) is 5.96 Å². The van der Waals surface area contributed by atoms with Crippen molar-refractivity contribution in [3.05, 3.63) is 34.9 Å². The first kappa shape index (κ1) is 18.6. The van der Waals surface area contributed by atoms with Crippen molar-refractivity contribution in [3.63, 3.8) is 0 Å². The summed E-state index contributed by atoms with van der Waals surface area (Å²) in [4.78, 5) is 6.74. The summed E-state index contributed by atoms with van der Waals surface area (Å²) in [5.41, 5.74) is 1.18. The van der Waals surface area contributed by atoms with Crippen molar-refractivity contribution in [1.29, 1.82) is 0 Å². The fraction of sp³-hybridized carbons (Fsp3) is 0.562. The van der Waals surface area contributed by atoms with Crippen molar-refractivity contribution in [3.8, 4) is 0 Å². The van der Waals surface area contributed by atoms with Crippen molar-refractivity contribution >= 4 is 41.5 Å². The first-order valence-corrected chi connectivity index (χ1v) is 7.77. The van der Waals surface area contributed by atoms with Crippen LogP contribution in [0.1, 0.15) is 25.3 Å². The smallest absolute Gasteiger partial charge is 0.193 e. The Morgan fingerprint density at radius 1 is 1.33 bits per heavy atom. The van der Waals surface area contributed by atoms with Crippen molar-refractivity contribution < 1.29 is 0 Å². The fourth-order valence-corrected chi connectivity index (χ4v) is 2.79. The number of nitrogens with one attached hydrogen (secondary N) is 1. The molecule has 1 N–H and O–H groups in total. The van der Waals surface area contributed by atoms with Gasteiger partial charge in [-0.15, -0.1) is 24.0 Å². The molecule has 0 saturated carbocycles. The van der Waals surface area contributed by atoms with Crippen LogP contribution in [-0.2, 0) is 6.42 Å². The van der Waals surface area contributed by atoms with Crippen LogP contribution < -0.4 is 5.32 Å². The third-order valence-corrected chi connectivity index (χ3v) is 4.30. The number of nitrogens with zero attached hydrogens (tertiary/aromatic N) is 2. The summed E-state index contributed by atoms with van der Waals surface area (Å²) in [6.07, 6.45) is 3.43. The number of halogens is 2. The molecule has 1 saturated heterocycles. The second-order valence-corrected chi connectivity index (χ2v) is 5.89. The van der Waals surface area contributed by atoms with E-state index >= 15 is 0 Å². The van der Waals surface area contributed by atoms with E-state index in [1.165, 1.54) is 18.4 Å². The first-order chi connectivity index (χ1) is 9.70. The van der Waals surface area contributed by atoms with Gasteiger partial charge in [0.25, 0.3) is 0 Å². The third-order valence-electron chi connectivity index (χ3n) is 3.93. The predicted molar refractivity (Wildman–Crippen MR) is 102 cm³/mol. The van der Waals surface area contributed by atoms with Crippen LogP contribution in [0.15, 0.2) is 29.3 Å². The molecule has 0 radical (unpaired) electrons. The highest BCUT2D eigenvalue weighted by molar-refractivity contribution is 14.0. The normalized spacial score (nSPS) is 16.5. The summed E-state index contributed by atoms with van der Waals surface area (Å²) in [7, 11) is 1.86. The zero-order chi connectivity index (χ0) is 14.4. The van der Waals surface area contributed by atoms with Gasteiger partial charge in [-0.3, -0.25) is 4.99 Å². The molecule has 1 aromatic carbocycles. The maximum absolute atomic E-state index is 6.17. The van der Waals surface area contributed by atoms with Gasteiger partial charge in [0.05, 0.1) is 0 Å². The number of rotatable bonds is 3. The Balaban J connectivity index is 0.00000220. The minimum absolute atomic E-state index is 0. The highest BCUT2D eigenvalue weighted by Crippen LogP contribution is 2.16. The van der Waals surface area contributed by atoms with Crippen LogP contribution in [0.4, 0.5) is 0 Å². The van der Waals surface area contributed by atoms with Gasteiger partial charge in [-0.2, -0.15) is 0 Å². The molecule has 0 amide bonds. The molecule has 118 valence electrons. The first-order valence-electron chi connectivity index (χ1n) is 7.39. The maximum atomic E-state index is 6.17. The van der Waals surface area contributed by atoms with Crippen molar-refractivity contribution in [2.45, 2.75) is 26.2 Å². The second kappa shape index (κ2) is 9.51. The number of aliphatic imine (C=N–C) groups is 1. The fourth-order valence-electron chi connectivity index (χ4n) is 2.56. The Morgan fingerprint density at radius 2 is 2.00 bits per heavy atom. The van der Waals surface area contributed by atoms with Gasteiger partial charge in [0.2, 0.25) is 0 Å². The maximum Gasteiger partial charge on any atom is 0.193 e. The van der Waals surface area contributed by atoms with E-state index in [4.69, 9.17) is 11.6 Å². The van der Waals surface area contributed by atoms with Crippen molar-refractivity contribution in [2.75, 3.05) is 26.7 Å². The molecular formula is C16H25ClIN3. The minimum Gasteiger partial charge on any atom is -0.356 e. The summed E-state index contributed by atoms with van der Waals surface area (Å²) >= 11 is 6.17. The standard InChI is InChI=1S/C16H24ClN3.HI/c1-13-8-11-20(12-9-13)16(18-2)19-10-7-14-5-3-4-6-15(14)17;/h3-6,13H,7-12H2,1-2H3,(H,18,19);1H. The molecule has 1 aromatic rings. The second-order valence-electron chi connectivity index (χ2n) is 5.48. The summed E-state index contributed by atoms with van der Waals surface area (Å²) < 4.78 is 0. The molecule has 5 heteroatoms. The topological polar surface area (TPSA) is 27.6 Å². The molecule has 2 rings (SSSR count). The lowest BCUT2D eigenvalue weighted by Crippen LogP contribution is -2.45. The molecule has 1 aliphatic rings. The van der Waals surface area contributed by atoms with E-state index in [1.54, 1.807) is 0 Å². The van der Waals surface area contributed by atoms with Gasteiger partial charge in [-0.05, 0) is 36.8 Å². The molecule has 0 spiro atoms. The Kier molecular flexibility index (Phi) is 8.41. The highest BCUT2D eigenvalue weighted by Gasteiger charge is 2.18. The summed E-state index contributed by atoms with van der Waals surface area (Å²) in [5, 5.41) is 4.29. The van der Waals surface area contributed by atoms with Crippen LogP contribution in [0.5, 0.6) is 0 Å². The molecular weight excluding hydrogens is 397 g/mol. The molecule has 0 atom stereocenters. The lowest BCUT2D eigenvalue weighted by molar-refractivity contribution is 0.273. The Hall–Kier alpha value is -0.490. The van der Waals surface area contributed by atoms with E-state index in [0.717, 1.165) is 43.0 Å². The third kappa shape index (κ3) is 5.66. The Bertz CT molecular complexity index is 457. The monoisotopic (exact) mass is 421 g/mol. The number of piperidine rings is 1. The zero-order valence-corrected chi connectivity index (χ0v) is 15.9. The highest BCUT2D eigenvalue weighted by atomic mass is 127. The van der Waals surface area contributed by atoms with Crippen LogP contribution in [0.2, 0.25) is 5.02 Å². The predicted octanol–water partition coefficient (Wildman–Crippen LogP) is 3.81. The van der Waals surface area contributed by atoms with Gasteiger partial charge < -0.3 is 10.2 Å². The number of guanidine groups is 1. The molecule has 0 bridgehead atoms. The van der Waals surface area contributed by atoms with Gasteiger partial charge in [-0.25, -0.2) is 0 Å². The molecule has 1 fully saturated rings. The molecule has 0 aliphatic carbocycles. The average Bonchev–Trinajstić information content (AvgIpc) is 2.47. The van der Waals surface area contributed by atoms with Gasteiger partial charge in [-0.1, -0.05) is 36.7 Å². The number of likely N-dealkylation sites (tertiary alicyclic amines) is 1.